The van der Waals surface area contributed by atoms with Crippen LogP contribution in [0.5, 0.6) is 0 Å². The Bertz CT molecular complexity index is 1220. The lowest BCUT2D eigenvalue weighted by Gasteiger charge is -2.25. The SMILES string of the molecule is O=C1C(=O)N(c2ccc(Cl)cc2)C(c2ccccc2[N+](=O)[O-])/C1=C(/O)c1ccccc1. The number of halogens is 1. The maximum absolute atomic E-state index is 13.0. The molecule has 1 heterocycles. The average molecular weight is 435 g/mol. The molecule has 31 heavy (non-hydrogen) atoms. The van der Waals surface area contributed by atoms with E-state index in [9.17, 15) is 24.8 Å². The number of benzene rings is 3. The van der Waals surface area contributed by atoms with Crippen LogP contribution in [-0.2, 0) is 9.59 Å². The molecule has 0 bridgehead atoms. The lowest BCUT2D eigenvalue weighted by Crippen LogP contribution is -2.29. The van der Waals surface area contributed by atoms with E-state index in [1.165, 1.54) is 30.3 Å². The Morgan fingerprint density at radius 2 is 1.55 bits per heavy atom. The molecule has 0 spiro atoms. The molecular formula is C23H15ClN2O5. The first-order valence-corrected chi connectivity index (χ1v) is 9.63. The minimum atomic E-state index is -1.19. The average Bonchev–Trinajstić information content (AvgIpc) is 3.05. The molecule has 0 aliphatic carbocycles. The molecule has 0 saturated carbocycles. The van der Waals surface area contributed by atoms with E-state index in [4.69, 9.17) is 11.6 Å². The van der Waals surface area contributed by atoms with Crippen LogP contribution in [0.25, 0.3) is 5.76 Å². The summed E-state index contributed by atoms with van der Waals surface area (Å²) in [6.45, 7) is 0. The molecule has 3 aromatic rings. The van der Waals surface area contributed by atoms with Crippen LogP contribution in [0.4, 0.5) is 11.4 Å². The van der Waals surface area contributed by atoms with Crippen LogP contribution in [0.15, 0.2) is 84.4 Å². The van der Waals surface area contributed by atoms with E-state index in [0.29, 0.717) is 16.3 Å². The second-order valence-electron chi connectivity index (χ2n) is 6.83. The van der Waals surface area contributed by atoms with Gasteiger partial charge >= 0.3 is 0 Å². The highest BCUT2D eigenvalue weighted by molar-refractivity contribution is 6.51. The fourth-order valence-electron chi connectivity index (χ4n) is 3.63. The number of nitro groups is 1. The summed E-state index contributed by atoms with van der Waals surface area (Å²) in [7, 11) is 0. The van der Waals surface area contributed by atoms with Gasteiger partial charge in [0.2, 0.25) is 0 Å². The van der Waals surface area contributed by atoms with Crippen LogP contribution in [-0.4, -0.2) is 21.7 Å². The number of para-hydroxylation sites is 1. The van der Waals surface area contributed by atoms with Gasteiger partial charge in [0.1, 0.15) is 11.8 Å². The Balaban J connectivity index is 2.01. The number of nitro benzene ring substituents is 1. The van der Waals surface area contributed by atoms with Gasteiger partial charge < -0.3 is 5.11 Å². The zero-order valence-electron chi connectivity index (χ0n) is 15.9. The third kappa shape index (κ3) is 3.55. The number of carbonyl (C=O) groups excluding carboxylic acids is 2. The van der Waals surface area contributed by atoms with Gasteiger partial charge in [-0.1, -0.05) is 54.1 Å². The van der Waals surface area contributed by atoms with Crippen LogP contribution in [0.1, 0.15) is 17.2 Å². The summed E-state index contributed by atoms with van der Waals surface area (Å²) < 4.78 is 0. The van der Waals surface area contributed by atoms with Crippen molar-refractivity contribution in [2.75, 3.05) is 4.90 Å². The van der Waals surface area contributed by atoms with Crippen molar-refractivity contribution in [3.05, 3.63) is 111 Å². The van der Waals surface area contributed by atoms with Crippen LogP contribution in [0.2, 0.25) is 5.02 Å². The normalized spacial score (nSPS) is 17.7. The molecular weight excluding hydrogens is 420 g/mol. The lowest BCUT2D eigenvalue weighted by molar-refractivity contribution is -0.385. The molecule has 0 aromatic heterocycles. The fourth-order valence-corrected chi connectivity index (χ4v) is 3.76. The van der Waals surface area contributed by atoms with Gasteiger partial charge in [0.05, 0.1) is 16.1 Å². The van der Waals surface area contributed by atoms with Gasteiger partial charge in [-0.15, -0.1) is 0 Å². The topological polar surface area (TPSA) is 101 Å². The number of nitrogens with zero attached hydrogens (tertiary/aromatic N) is 2. The molecule has 154 valence electrons. The summed E-state index contributed by atoms with van der Waals surface area (Å²) in [5.41, 5.74) is 0.258. The molecule has 1 fully saturated rings. The number of ketones is 1. The third-order valence-corrected chi connectivity index (χ3v) is 5.28. The molecule has 1 N–H and O–H groups in total. The van der Waals surface area contributed by atoms with Crippen molar-refractivity contribution in [3.8, 4) is 0 Å². The first-order valence-electron chi connectivity index (χ1n) is 9.25. The van der Waals surface area contributed by atoms with Gasteiger partial charge in [-0.2, -0.15) is 0 Å². The van der Waals surface area contributed by atoms with E-state index in [-0.39, 0.29) is 16.8 Å². The first kappa shape index (κ1) is 20.3. The summed E-state index contributed by atoms with van der Waals surface area (Å²) >= 11 is 5.95. The highest BCUT2D eigenvalue weighted by Gasteiger charge is 2.48. The van der Waals surface area contributed by atoms with E-state index in [1.54, 1.807) is 48.5 Å². The van der Waals surface area contributed by atoms with E-state index in [0.717, 1.165) is 4.90 Å². The minimum Gasteiger partial charge on any atom is -0.507 e. The molecule has 1 aliphatic rings. The zero-order valence-corrected chi connectivity index (χ0v) is 16.7. The molecule has 0 radical (unpaired) electrons. The number of Topliss-reactive ketones (excluding diaryl/α,β-unsaturated/α-hetero) is 1. The van der Waals surface area contributed by atoms with Crippen LogP contribution < -0.4 is 4.90 Å². The molecule has 1 aliphatic heterocycles. The van der Waals surface area contributed by atoms with Crippen molar-refractivity contribution in [3.63, 3.8) is 0 Å². The molecule has 7 nitrogen and oxygen atoms in total. The summed E-state index contributed by atoms with van der Waals surface area (Å²) in [5.74, 6) is -2.24. The summed E-state index contributed by atoms with van der Waals surface area (Å²) in [6, 6.07) is 19.1. The number of rotatable bonds is 4. The molecule has 1 amide bonds. The van der Waals surface area contributed by atoms with Gasteiger partial charge in [0, 0.05) is 22.3 Å². The molecule has 4 rings (SSSR count). The van der Waals surface area contributed by atoms with Crippen molar-refractivity contribution in [1.29, 1.82) is 0 Å². The zero-order chi connectivity index (χ0) is 22.1. The second-order valence-corrected chi connectivity index (χ2v) is 7.26. The smallest absolute Gasteiger partial charge is 0.300 e. The number of carbonyl (C=O) groups is 2. The number of aliphatic hydroxyl groups excluding tert-OH is 1. The van der Waals surface area contributed by atoms with Crippen molar-refractivity contribution in [2.45, 2.75) is 6.04 Å². The van der Waals surface area contributed by atoms with Crippen molar-refractivity contribution < 1.29 is 19.6 Å². The Morgan fingerprint density at radius 3 is 2.19 bits per heavy atom. The fraction of sp³-hybridized carbons (Fsp3) is 0.0435. The van der Waals surface area contributed by atoms with E-state index in [1.807, 2.05) is 0 Å². The predicted octanol–water partition coefficient (Wildman–Crippen LogP) is 4.87. The Kier molecular flexibility index (Phi) is 5.27. The van der Waals surface area contributed by atoms with Gasteiger partial charge in [-0.3, -0.25) is 24.6 Å². The maximum atomic E-state index is 13.0. The van der Waals surface area contributed by atoms with Crippen molar-refractivity contribution >= 4 is 40.4 Å². The van der Waals surface area contributed by atoms with Gasteiger partial charge in [-0.25, -0.2) is 0 Å². The molecule has 8 heteroatoms. The number of hydrogen-bond donors (Lipinski definition) is 1. The predicted molar refractivity (Wildman–Crippen MR) is 116 cm³/mol. The van der Waals surface area contributed by atoms with E-state index >= 15 is 0 Å². The monoisotopic (exact) mass is 434 g/mol. The summed E-state index contributed by atoms with van der Waals surface area (Å²) in [4.78, 5) is 38.3. The largest absolute Gasteiger partial charge is 0.507 e. The quantitative estimate of drug-likeness (QED) is 0.207. The lowest BCUT2D eigenvalue weighted by atomic mass is 9.94. The van der Waals surface area contributed by atoms with Gasteiger partial charge in [-0.05, 0) is 30.3 Å². The third-order valence-electron chi connectivity index (χ3n) is 5.02. The summed E-state index contributed by atoms with van der Waals surface area (Å²) in [5, 5.41) is 23.1. The Hall–Kier alpha value is -3.97. The molecule has 1 unspecified atom stereocenters. The highest BCUT2D eigenvalue weighted by atomic mass is 35.5. The van der Waals surface area contributed by atoms with Crippen LogP contribution in [0, 0.1) is 10.1 Å². The number of anilines is 1. The van der Waals surface area contributed by atoms with Crippen molar-refractivity contribution in [2.24, 2.45) is 0 Å². The van der Waals surface area contributed by atoms with E-state index in [2.05, 4.69) is 0 Å². The number of amides is 1. The van der Waals surface area contributed by atoms with E-state index < -0.39 is 28.4 Å². The minimum absolute atomic E-state index is 0.110. The standard InChI is InChI=1S/C23H15ClN2O5/c24-15-10-12-16(13-11-15)25-20(17-8-4-5-9-18(17)26(30)31)19(22(28)23(25)29)21(27)14-6-2-1-3-7-14/h1-13,20,27H/b21-19-. The summed E-state index contributed by atoms with van der Waals surface area (Å²) in [6.07, 6.45) is 0. The maximum Gasteiger partial charge on any atom is 0.300 e. The highest BCUT2D eigenvalue weighted by Crippen LogP contribution is 2.44. The Morgan fingerprint density at radius 1 is 0.935 bits per heavy atom. The number of aliphatic hydroxyl groups is 1. The van der Waals surface area contributed by atoms with Crippen LogP contribution >= 0.6 is 11.6 Å². The van der Waals surface area contributed by atoms with Crippen LogP contribution in [0.3, 0.4) is 0 Å². The van der Waals surface area contributed by atoms with Gasteiger partial charge in [0.15, 0.2) is 0 Å². The Labute approximate surface area is 182 Å². The second kappa shape index (κ2) is 8.04. The molecule has 1 saturated heterocycles. The molecule has 3 aromatic carbocycles. The van der Waals surface area contributed by atoms with Crippen molar-refractivity contribution in [1.82, 2.24) is 0 Å². The molecule has 1 atom stereocenters. The first-order chi connectivity index (χ1) is 14.9. The van der Waals surface area contributed by atoms with Gasteiger partial charge in [0.25, 0.3) is 17.4 Å². The number of hydrogen-bond acceptors (Lipinski definition) is 5.